The standard InChI is InChI=1S/C24H22FN3O3S/c1-3-12-31-19-7-5-4-6-17(19)18-13-20(29)26-22-21(18)23(30)27-24(28(22)2)32-14-15-8-10-16(25)11-9-15/h3-11,18H,1,12-14H2,2H3,(H,26,29)/t18-/m1/s1. The minimum atomic E-state index is -0.470. The number of fused-ring (bicyclic) bond motifs is 1. The van der Waals surface area contributed by atoms with Crippen molar-refractivity contribution in [2.75, 3.05) is 11.9 Å². The fraction of sp³-hybridized carbons (Fsp3) is 0.208. The smallest absolute Gasteiger partial charge is 0.279 e. The first-order valence-electron chi connectivity index (χ1n) is 10.1. The maximum atomic E-state index is 13.1. The van der Waals surface area contributed by atoms with E-state index in [9.17, 15) is 14.0 Å². The van der Waals surface area contributed by atoms with Gasteiger partial charge in [0.25, 0.3) is 5.56 Å². The predicted octanol–water partition coefficient (Wildman–Crippen LogP) is 4.25. The number of carbonyl (C=O) groups is 1. The molecule has 6 nitrogen and oxygen atoms in total. The van der Waals surface area contributed by atoms with Crippen LogP contribution in [0.15, 0.2) is 71.1 Å². The Morgan fingerprint density at radius 2 is 2.00 bits per heavy atom. The highest BCUT2D eigenvalue weighted by Gasteiger charge is 2.33. The van der Waals surface area contributed by atoms with Gasteiger partial charge in [-0.15, -0.1) is 0 Å². The topological polar surface area (TPSA) is 73.2 Å². The lowest BCUT2D eigenvalue weighted by Gasteiger charge is -2.28. The van der Waals surface area contributed by atoms with Crippen molar-refractivity contribution >= 4 is 23.5 Å². The number of hydrogen-bond donors (Lipinski definition) is 1. The van der Waals surface area contributed by atoms with Crippen molar-refractivity contribution in [2.45, 2.75) is 23.2 Å². The Labute approximate surface area is 189 Å². The van der Waals surface area contributed by atoms with E-state index in [4.69, 9.17) is 4.74 Å². The van der Waals surface area contributed by atoms with Gasteiger partial charge in [0.15, 0.2) is 5.16 Å². The van der Waals surface area contributed by atoms with Crippen LogP contribution in [0.1, 0.15) is 29.0 Å². The van der Waals surface area contributed by atoms with E-state index in [1.165, 1.54) is 23.9 Å². The molecule has 0 radical (unpaired) electrons. The zero-order valence-electron chi connectivity index (χ0n) is 17.5. The lowest BCUT2D eigenvalue weighted by atomic mass is 9.86. The molecule has 32 heavy (non-hydrogen) atoms. The Kier molecular flexibility index (Phi) is 6.41. The number of nitrogens with zero attached hydrogens (tertiary/aromatic N) is 2. The Morgan fingerprint density at radius 1 is 1.25 bits per heavy atom. The molecule has 0 unspecified atom stereocenters. The van der Waals surface area contributed by atoms with Crippen molar-refractivity contribution in [3.8, 4) is 5.75 Å². The van der Waals surface area contributed by atoms with Crippen molar-refractivity contribution in [1.82, 2.24) is 9.55 Å². The van der Waals surface area contributed by atoms with Crippen LogP contribution in [-0.4, -0.2) is 22.1 Å². The Hall–Kier alpha value is -3.39. The Morgan fingerprint density at radius 3 is 2.75 bits per heavy atom. The second kappa shape index (κ2) is 9.40. The van der Waals surface area contributed by atoms with Crippen molar-refractivity contribution in [1.29, 1.82) is 0 Å². The second-order valence-corrected chi connectivity index (χ2v) is 8.32. The summed E-state index contributed by atoms with van der Waals surface area (Å²) in [5, 5.41) is 3.31. The second-order valence-electron chi connectivity index (χ2n) is 7.38. The molecule has 0 spiro atoms. The molecular formula is C24H22FN3O3S. The third-order valence-corrected chi connectivity index (χ3v) is 6.33. The molecule has 1 aliphatic heterocycles. The maximum Gasteiger partial charge on any atom is 0.279 e. The van der Waals surface area contributed by atoms with E-state index in [-0.39, 0.29) is 23.7 Å². The molecule has 1 aliphatic rings. The van der Waals surface area contributed by atoms with E-state index in [0.29, 0.717) is 34.6 Å². The lowest BCUT2D eigenvalue weighted by Crippen LogP contribution is -2.33. The maximum absolute atomic E-state index is 13.1. The zero-order chi connectivity index (χ0) is 22.7. The van der Waals surface area contributed by atoms with Crippen molar-refractivity contribution < 1.29 is 13.9 Å². The molecule has 4 rings (SSSR count). The summed E-state index contributed by atoms with van der Waals surface area (Å²) in [6.07, 6.45) is 1.77. The first kappa shape index (κ1) is 21.8. The summed E-state index contributed by atoms with van der Waals surface area (Å²) in [6.45, 7) is 3.99. The van der Waals surface area contributed by atoms with Gasteiger partial charge in [0.05, 0.1) is 5.56 Å². The van der Waals surface area contributed by atoms with Crippen LogP contribution >= 0.6 is 11.8 Å². The summed E-state index contributed by atoms with van der Waals surface area (Å²) in [5.41, 5.74) is 1.71. The molecule has 164 valence electrons. The number of rotatable bonds is 7. The van der Waals surface area contributed by atoms with E-state index < -0.39 is 5.92 Å². The summed E-state index contributed by atoms with van der Waals surface area (Å²) >= 11 is 1.35. The van der Waals surface area contributed by atoms with Crippen molar-refractivity contribution in [2.24, 2.45) is 7.05 Å². The van der Waals surface area contributed by atoms with Gasteiger partial charge in [-0.1, -0.05) is 54.7 Å². The molecule has 0 bridgehead atoms. The van der Waals surface area contributed by atoms with Gasteiger partial charge in [-0.05, 0) is 23.8 Å². The lowest BCUT2D eigenvalue weighted by molar-refractivity contribution is -0.116. The van der Waals surface area contributed by atoms with Gasteiger partial charge in [0.1, 0.15) is 24.0 Å². The van der Waals surface area contributed by atoms with E-state index in [1.807, 2.05) is 24.3 Å². The molecule has 1 atom stereocenters. The van der Waals surface area contributed by atoms with Gasteiger partial charge in [-0.3, -0.25) is 9.59 Å². The van der Waals surface area contributed by atoms with Crippen LogP contribution in [0.3, 0.4) is 0 Å². The SMILES string of the molecule is C=CCOc1ccccc1[C@H]1CC(=O)Nc2c1c(=O)nc(SCc1ccc(F)cc1)n2C. The third-order valence-electron chi connectivity index (χ3n) is 5.23. The minimum absolute atomic E-state index is 0.125. The number of aromatic nitrogens is 2. The van der Waals surface area contributed by atoms with Crippen LogP contribution in [0.25, 0.3) is 0 Å². The predicted molar refractivity (Wildman–Crippen MR) is 123 cm³/mol. The number of thioether (sulfide) groups is 1. The van der Waals surface area contributed by atoms with E-state index in [0.717, 1.165) is 11.1 Å². The third kappa shape index (κ3) is 4.45. The molecule has 1 N–H and O–H groups in total. The van der Waals surface area contributed by atoms with Crippen LogP contribution in [0.4, 0.5) is 10.2 Å². The Bertz CT molecular complexity index is 1220. The van der Waals surface area contributed by atoms with Crippen LogP contribution in [0.2, 0.25) is 0 Å². The highest BCUT2D eigenvalue weighted by atomic mass is 32.2. The molecule has 8 heteroatoms. The van der Waals surface area contributed by atoms with Gasteiger partial charge in [-0.2, -0.15) is 4.98 Å². The van der Waals surface area contributed by atoms with Crippen LogP contribution in [0, 0.1) is 5.82 Å². The van der Waals surface area contributed by atoms with Gasteiger partial charge >= 0.3 is 0 Å². The van der Waals surface area contributed by atoms with Gasteiger partial charge in [0, 0.05) is 30.7 Å². The molecule has 0 saturated carbocycles. The van der Waals surface area contributed by atoms with E-state index in [2.05, 4.69) is 16.9 Å². The van der Waals surface area contributed by atoms with E-state index >= 15 is 0 Å². The number of nitrogens with one attached hydrogen (secondary N) is 1. The Balaban J connectivity index is 1.71. The van der Waals surface area contributed by atoms with Crippen LogP contribution in [-0.2, 0) is 17.6 Å². The zero-order valence-corrected chi connectivity index (χ0v) is 18.3. The average molecular weight is 452 g/mol. The summed E-state index contributed by atoms with van der Waals surface area (Å²) in [6, 6.07) is 13.5. The number of carbonyl (C=O) groups excluding carboxylic acids is 1. The van der Waals surface area contributed by atoms with Gasteiger partial charge in [-0.25, -0.2) is 4.39 Å². The fourth-order valence-electron chi connectivity index (χ4n) is 3.71. The molecular weight excluding hydrogens is 429 g/mol. The highest BCUT2D eigenvalue weighted by molar-refractivity contribution is 7.98. The molecule has 0 aliphatic carbocycles. The summed E-state index contributed by atoms with van der Waals surface area (Å²) in [4.78, 5) is 30.0. The number of ether oxygens (including phenoxy) is 1. The molecule has 3 aromatic rings. The molecule has 1 amide bonds. The number of hydrogen-bond acceptors (Lipinski definition) is 5. The molecule has 0 saturated heterocycles. The van der Waals surface area contributed by atoms with Gasteiger partial charge in [0.2, 0.25) is 5.91 Å². The normalized spacial score (nSPS) is 15.1. The molecule has 2 aromatic carbocycles. The summed E-state index contributed by atoms with van der Waals surface area (Å²) in [7, 11) is 1.76. The molecule has 1 aromatic heterocycles. The van der Waals surface area contributed by atoms with Gasteiger partial charge < -0.3 is 14.6 Å². The van der Waals surface area contributed by atoms with Crippen LogP contribution < -0.4 is 15.6 Å². The molecule has 0 fully saturated rings. The average Bonchev–Trinajstić information content (AvgIpc) is 2.79. The monoisotopic (exact) mass is 451 g/mol. The minimum Gasteiger partial charge on any atom is -0.489 e. The number of amides is 1. The van der Waals surface area contributed by atoms with E-state index in [1.54, 1.807) is 29.8 Å². The van der Waals surface area contributed by atoms with Crippen molar-refractivity contribution in [3.05, 3.63) is 94.0 Å². The number of para-hydroxylation sites is 1. The largest absolute Gasteiger partial charge is 0.489 e. The first-order chi connectivity index (χ1) is 15.5. The van der Waals surface area contributed by atoms with Crippen LogP contribution in [0.5, 0.6) is 5.75 Å². The quantitative estimate of drug-likeness (QED) is 0.330. The number of benzene rings is 2. The fourth-order valence-corrected chi connectivity index (χ4v) is 4.63. The summed E-state index contributed by atoms with van der Waals surface area (Å²) in [5.74, 6) is 0.596. The highest BCUT2D eigenvalue weighted by Crippen LogP contribution is 2.39. The first-order valence-corrected chi connectivity index (χ1v) is 11.1. The summed E-state index contributed by atoms with van der Waals surface area (Å²) < 4.78 is 20.6. The van der Waals surface area contributed by atoms with Crippen molar-refractivity contribution in [3.63, 3.8) is 0 Å². The number of halogens is 1. The number of anilines is 1. The molecule has 2 heterocycles.